The van der Waals surface area contributed by atoms with Crippen LogP contribution in [0.2, 0.25) is 0 Å². The average Bonchev–Trinajstić information content (AvgIpc) is 2.42. The highest BCUT2D eigenvalue weighted by Crippen LogP contribution is 2.20. The van der Waals surface area contributed by atoms with Gasteiger partial charge in [-0.05, 0) is 36.8 Å². The van der Waals surface area contributed by atoms with Crippen LogP contribution in [0.25, 0.3) is 0 Å². The van der Waals surface area contributed by atoms with E-state index < -0.39 is 5.97 Å². The van der Waals surface area contributed by atoms with Gasteiger partial charge in [0.25, 0.3) is 0 Å². The molecule has 1 N–H and O–H groups in total. The molecule has 0 saturated carbocycles. The Morgan fingerprint density at radius 3 is 2.80 bits per heavy atom. The van der Waals surface area contributed by atoms with E-state index in [9.17, 15) is 4.79 Å². The summed E-state index contributed by atoms with van der Waals surface area (Å²) in [5, 5.41) is 8.85. The molecule has 0 fully saturated rings. The van der Waals surface area contributed by atoms with E-state index in [4.69, 9.17) is 5.11 Å². The highest BCUT2D eigenvalue weighted by molar-refractivity contribution is 7.99. The molecule has 0 atom stereocenters. The fourth-order valence-corrected chi connectivity index (χ4v) is 2.62. The van der Waals surface area contributed by atoms with Crippen LogP contribution in [0, 0.1) is 6.92 Å². The number of hydrogen-bond acceptors (Lipinski definition) is 4. The van der Waals surface area contributed by atoms with E-state index in [1.165, 1.54) is 0 Å². The summed E-state index contributed by atoms with van der Waals surface area (Å²) in [5.41, 5.74) is 2.88. The van der Waals surface area contributed by atoms with Gasteiger partial charge >= 0.3 is 5.97 Å². The maximum absolute atomic E-state index is 10.8. The third kappa shape index (κ3) is 2.12. The normalized spacial score (nSPS) is 15.5. The van der Waals surface area contributed by atoms with Gasteiger partial charge in [-0.15, -0.1) is 0 Å². The van der Waals surface area contributed by atoms with Crippen LogP contribution in [0.3, 0.4) is 0 Å². The van der Waals surface area contributed by atoms with Crippen molar-refractivity contribution in [2.45, 2.75) is 19.8 Å². The largest absolute Gasteiger partial charge is 0.475 e. The summed E-state index contributed by atoms with van der Waals surface area (Å²) < 4.78 is 0. The number of hydrogen-bond donors (Lipinski definition) is 1. The second-order valence-corrected chi connectivity index (χ2v) is 4.70. The van der Waals surface area contributed by atoms with Gasteiger partial charge < -0.3 is 5.11 Å². The summed E-state index contributed by atoms with van der Waals surface area (Å²) in [5.74, 6) is 0.975. The number of fused-ring (bicyclic) bond motifs is 1. The summed E-state index contributed by atoms with van der Waals surface area (Å²) in [4.78, 5) is 18.9. The van der Waals surface area contributed by atoms with Gasteiger partial charge in [-0.2, -0.15) is 11.8 Å². The van der Waals surface area contributed by atoms with Gasteiger partial charge in [0.15, 0.2) is 0 Å². The van der Waals surface area contributed by atoms with Crippen molar-refractivity contribution in [2.24, 2.45) is 0 Å². The zero-order chi connectivity index (χ0) is 10.8. The molecule has 2 rings (SSSR count). The fourth-order valence-electron chi connectivity index (χ4n) is 1.73. The Morgan fingerprint density at radius 2 is 2.07 bits per heavy atom. The Balaban J connectivity index is 2.48. The molecular weight excluding hydrogens is 212 g/mol. The molecule has 1 aromatic heterocycles. The van der Waals surface area contributed by atoms with Crippen molar-refractivity contribution in [1.29, 1.82) is 0 Å². The number of nitrogens with zero attached hydrogens (tertiary/aromatic N) is 2. The van der Waals surface area contributed by atoms with E-state index in [1.807, 2.05) is 18.7 Å². The smallest absolute Gasteiger partial charge is 0.373 e. The van der Waals surface area contributed by atoms with Crippen LogP contribution in [0.15, 0.2) is 0 Å². The molecule has 0 aliphatic carbocycles. The lowest BCUT2D eigenvalue weighted by atomic mass is 10.1. The van der Waals surface area contributed by atoms with Crippen molar-refractivity contribution in [3.05, 3.63) is 22.8 Å². The summed E-state index contributed by atoms with van der Waals surface area (Å²) >= 11 is 1.88. The molecule has 0 amide bonds. The van der Waals surface area contributed by atoms with Crippen LogP contribution in [0.5, 0.6) is 0 Å². The van der Waals surface area contributed by atoms with E-state index in [-0.39, 0.29) is 5.82 Å². The van der Waals surface area contributed by atoms with E-state index in [1.54, 1.807) is 0 Å². The average molecular weight is 224 g/mol. The number of carboxylic acids is 1. The Kier molecular flexibility index (Phi) is 2.90. The standard InChI is InChI=1S/C10H12N2O2S/c1-6-7-2-4-15-5-3-8(7)12-9(11-6)10(13)14/h2-5H2,1H3,(H,13,14). The van der Waals surface area contributed by atoms with Crippen LogP contribution in [-0.4, -0.2) is 32.5 Å². The molecule has 0 aromatic carbocycles. The maximum atomic E-state index is 10.8. The van der Waals surface area contributed by atoms with Crippen molar-refractivity contribution in [2.75, 3.05) is 11.5 Å². The Labute approximate surface area is 92.1 Å². The molecule has 1 aliphatic rings. The number of carbonyl (C=O) groups is 1. The molecule has 0 bridgehead atoms. The van der Waals surface area contributed by atoms with E-state index in [2.05, 4.69) is 9.97 Å². The van der Waals surface area contributed by atoms with Gasteiger partial charge in [-0.1, -0.05) is 0 Å². The molecule has 0 spiro atoms. The molecule has 1 aromatic rings. The van der Waals surface area contributed by atoms with Crippen LogP contribution in [-0.2, 0) is 12.8 Å². The van der Waals surface area contributed by atoms with Crippen LogP contribution in [0.1, 0.15) is 27.6 Å². The molecular formula is C10H12N2O2S. The summed E-state index contributed by atoms with van der Waals surface area (Å²) in [7, 11) is 0. The Morgan fingerprint density at radius 1 is 1.33 bits per heavy atom. The molecule has 0 saturated heterocycles. The van der Waals surface area contributed by atoms with Crippen LogP contribution >= 0.6 is 11.8 Å². The molecule has 0 unspecified atom stereocenters. The van der Waals surface area contributed by atoms with Gasteiger partial charge in [0.1, 0.15) is 0 Å². The van der Waals surface area contributed by atoms with Gasteiger partial charge in [0.2, 0.25) is 5.82 Å². The molecule has 5 heteroatoms. The SMILES string of the molecule is Cc1nc(C(=O)O)nc2c1CCSCC2. The Bertz CT molecular complexity index is 407. The van der Waals surface area contributed by atoms with E-state index in [0.29, 0.717) is 0 Å². The molecule has 4 nitrogen and oxygen atoms in total. The van der Waals surface area contributed by atoms with Crippen molar-refractivity contribution in [3.8, 4) is 0 Å². The van der Waals surface area contributed by atoms with Gasteiger partial charge in [-0.3, -0.25) is 0 Å². The summed E-state index contributed by atoms with van der Waals surface area (Å²) in [6.07, 6.45) is 1.80. The van der Waals surface area contributed by atoms with Gasteiger partial charge in [0.05, 0.1) is 0 Å². The van der Waals surface area contributed by atoms with Crippen molar-refractivity contribution >= 4 is 17.7 Å². The molecule has 15 heavy (non-hydrogen) atoms. The predicted octanol–water partition coefficient (Wildman–Crippen LogP) is 1.32. The van der Waals surface area contributed by atoms with Crippen LogP contribution in [0.4, 0.5) is 0 Å². The number of carboxylic acid groups (broad SMARTS) is 1. The lowest BCUT2D eigenvalue weighted by molar-refractivity contribution is 0.0682. The first kappa shape index (κ1) is 10.4. The third-order valence-corrected chi connectivity index (χ3v) is 3.46. The highest BCUT2D eigenvalue weighted by Gasteiger charge is 2.17. The van der Waals surface area contributed by atoms with E-state index in [0.717, 1.165) is 41.3 Å². The zero-order valence-electron chi connectivity index (χ0n) is 8.49. The maximum Gasteiger partial charge on any atom is 0.373 e. The predicted molar refractivity (Wildman–Crippen MR) is 58.5 cm³/mol. The zero-order valence-corrected chi connectivity index (χ0v) is 9.30. The number of rotatable bonds is 1. The molecule has 0 radical (unpaired) electrons. The number of aromatic nitrogens is 2. The van der Waals surface area contributed by atoms with E-state index >= 15 is 0 Å². The van der Waals surface area contributed by atoms with Crippen molar-refractivity contribution in [1.82, 2.24) is 9.97 Å². The van der Waals surface area contributed by atoms with Crippen molar-refractivity contribution in [3.63, 3.8) is 0 Å². The molecule has 2 heterocycles. The highest BCUT2D eigenvalue weighted by atomic mass is 32.2. The second-order valence-electron chi connectivity index (χ2n) is 3.48. The number of aromatic carboxylic acids is 1. The lowest BCUT2D eigenvalue weighted by Gasteiger charge is -2.07. The third-order valence-electron chi connectivity index (χ3n) is 2.47. The molecule has 80 valence electrons. The molecule has 1 aliphatic heterocycles. The quantitative estimate of drug-likeness (QED) is 0.779. The van der Waals surface area contributed by atoms with Gasteiger partial charge in [0, 0.05) is 11.4 Å². The van der Waals surface area contributed by atoms with Gasteiger partial charge in [-0.25, -0.2) is 14.8 Å². The summed E-state index contributed by atoms with van der Waals surface area (Å²) in [6.45, 7) is 1.86. The Hall–Kier alpha value is -1.10. The number of aryl methyl sites for hydroxylation is 2. The fraction of sp³-hybridized carbons (Fsp3) is 0.500. The van der Waals surface area contributed by atoms with Crippen molar-refractivity contribution < 1.29 is 9.90 Å². The minimum Gasteiger partial charge on any atom is -0.475 e. The summed E-state index contributed by atoms with van der Waals surface area (Å²) in [6, 6.07) is 0. The lowest BCUT2D eigenvalue weighted by Crippen LogP contribution is -2.11. The van der Waals surface area contributed by atoms with Crippen LogP contribution < -0.4 is 0 Å². The minimum atomic E-state index is -1.04. The monoisotopic (exact) mass is 224 g/mol. The minimum absolute atomic E-state index is 0.0712. The number of thioether (sulfide) groups is 1. The first-order valence-electron chi connectivity index (χ1n) is 4.86. The topological polar surface area (TPSA) is 63.1 Å². The first-order chi connectivity index (χ1) is 7.18. The first-order valence-corrected chi connectivity index (χ1v) is 6.01. The second kappa shape index (κ2) is 4.18.